The van der Waals surface area contributed by atoms with Gasteiger partial charge in [-0.2, -0.15) is 0 Å². The fourth-order valence-electron chi connectivity index (χ4n) is 2.57. The maximum absolute atomic E-state index is 2.32. The Labute approximate surface area is 108 Å². The standard InChI is InChI=1S/C18H17/c1-13(2)10-16-8-5-9-17-11-14-6-3-4-7-15(14)12-18(16)17/h3-9,11-12H,10H2,1-2H3. The second-order valence-corrected chi connectivity index (χ2v) is 5.22. The molecule has 0 atom stereocenters. The molecule has 0 aliphatic carbocycles. The molecule has 0 saturated heterocycles. The van der Waals surface area contributed by atoms with Crippen LogP contribution in [0.3, 0.4) is 0 Å². The third-order valence-corrected chi connectivity index (χ3v) is 3.38. The number of fused-ring (bicyclic) bond motifs is 2. The molecule has 0 heteroatoms. The van der Waals surface area contributed by atoms with E-state index < -0.39 is 0 Å². The van der Waals surface area contributed by atoms with Gasteiger partial charge in [0, 0.05) is 0 Å². The second kappa shape index (κ2) is 4.45. The SMILES string of the molecule is C[C](C)Cc1cccc2cc3ccccc3cc12. The van der Waals surface area contributed by atoms with E-state index in [0.717, 1.165) is 6.42 Å². The highest BCUT2D eigenvalue weighted by atomic mass is 14.1. The minimum atomic E-state index is 1.07. The first-order valence-corrected chi connectivity index (χ1v) is 6.43. The van der Waals surface area contributed by atoms with E-state index in [1.54, 1.807) is 0 Å². The summed E-state index contributed by atoms with van der Waals surface area (Å²) >= 11 is 0. The fourth-order valence-corrected chi connectivity index (χ4v) is 2.57. The molecule has 0 aliphatic heterocycles. The van der Waals surface area contributed by atoms with Crippen LogP contribution >= 0.6 is 0 Å². The van der Waals surface area contributed by atoms with Gasteiger partial charge in [-0.05, 0) is 51.6 Å². The quantitative estimate of drug-likeness (QED) is 0.537. The first-order valence-electron chi connectivity index (χ1n) is 6.43. The first kappa shape index (κ1) is 11.3. The topological polar surface area (TPSA) is 0 Å². The van der Waals surface area contributed by atoms with Crippen LogP contribution in [0.5, 0.6) is 0 Å². The Morgan fingerprint density at radius 3 is 2.17 bits per heavy atom. The molecule has 89 valence electrons. The predicted molar refractivity (Wildman–Crippen MR) is 79.7 cm³/mol. The molecule has 0 spiro atoms. The predicted octanol–water partition coefficient (Wildman–Crippen LogP) is 5.15. The van der Waals surface area contributed by atoms with E-state index in [1.165, 1.54) is 33.0 Å². The van der Waals surface area contributed by atoms with Crippen molar-refractivity contribution in [3.8, 4) is 0 Å². The van der Waals surface area contributed by atoms with Crippen molar-refractivity contribution in [3.63, 3.8) is 0 Å². The third kappa shape index (κ3) is 1.99. The summed E-state index contributed by atoms with van der Waals surface area (Å²) in [6.07, 6.45) is 1.07. The summed E-state index contributed by atoms with van der Waals surface area (Å²) in [5.41, 5.74) is 1.43. The molecule has 0 saturated carbocycles. The molecule has 0 fully saturated rings. The Kier molecular flexibility index (Phi) is 2.79. The Morgan fingerprint density at radius 1 is 0.778 bits per heavy atom. The molecule has 0 amide bonds. The zero-order chi connectivity index (χ0) is 12.5. The maximum atomic E-state index is 2.32. The van der Waals surface area contributed by atoms with Gasteiger partial charge in [-0.25, -0.2) is 0 Å². The van der Waals surface area contributed by atoms with E-state index in [-0.39, 0.29) is 0 Å². The number of rotatable bonds is 2. The molecule has 0 N–H and O–H groups in total. The van der Waals surface area contributed by atoms with E-state index in [2.05, 4.69) is 68.4 Å². The number of hydrogen-bond donors (Lipinski definition) is 0. The summed E-state index contributed by atoms with van der Waals surface area (Å²) in [5.74, 6) is 1.45. The van der Waals surface area contributed by atoms with E-state index in [4.69, 9.17) is 0 Å². The lowest BCUT2D eigenvalue weighted by Gasteiger charge is -2.10. The summed E-state index contributed by atoms with van der Waals surface area (Å²) in [6.45, 7) is 4.39. The molecular formula is C18H17. The lowest BCUT2D eigenvalue weighted by Crippen LogP contribution is -1.93. The highest BCUT2D eigenvalue weighted by Gasteiger charge is 2.04. The molecule has 0 heterocycles. The average Bonchev–Trinajstić information content (AvgIpc) is 2.36. The Morgan fingerprint density at radius 2 is 1.44 bits per heavy atom. The van der Waals surface area contributed by atoms with Crippen molar-refractivity contribution in [2.75, 3.05) is 0 Å². The van der Waals surface area contributed by atoms with Crippen molar-refractivity contribution in [2.24, 2.45) is 0 Å². The summed E-state index contributed by atoms with van der Waals surface area (Å²) in [4.78, 5) is 0. The second-order valence-electron chi connectivity index (χ2n) is 5.22. The normalized spacial score (nSPS) is 11.5. The van der Waals surface area contributed by atoms with Gasteiger partial charge in [0.05, 0.1) is 0 Å². The van der Waals surface area contributed by atoms with Gasteiger partial charge in [-0.1, -0.05) is 56.3 Å². The molecule has 0 aliphatic rings. The zero-order valence-corrected chi connectivity index (χ0v) is 10.9. The van der Waals surface area contributed by atoms with Gasteiger partial charge in [0.25, 0.3) is 0 Å². The van der Waals surface area contributed by atoms with Crippen molar-refractivity contribution < 1.29 is 0 Å². The zero-order valence-electron chi connectivity index (χ0n) is 10.9. The van der Waals surface area contributed by atoms with Crippen molar-refractivity contribution in [3.05, 3.63) is 66.1 Å². The van der Waals surface area contributed by atoms with Crippen LogP contribution in [0.15, 0.2) is 54.6 Å². The summed E-state index contributed by atoms with van der Waals surface area (Å²) < 4.78 is 0. The van der Waals surface area contributed by atoms with E-state index in [9.17, 15) is 0 Å². The van der Waals surface area contributed by atoms with Crippen LogP contribution in [-0.2, 0) is 6.42 Å². The average molecular weight is 233 g/mol. The molecule has 3 aromatic rings. The van der Waals surface area contributed by atoms with Crippen LogP contribution in [0.1, 0.15) is 19.4 Å². The highest BCUT2D eigenvalue weighted by Crippen LogP contribution is 2.27. The smallest absolute Gasteiger partial charge is 0.0145 e. The lowest BCUT2D eigenvalue weighted by molar-refractivity contribution is 0.964. The van der Waals surface area contributed by atoms with E-state index in [1.807, 2.05) is 0 Å². The summed E-state index contributed by atoms with van der Waals surface area (Å²) in [7, 11) is 0. The molecule has 3 rings (SSSR count). The third-order valence-electron chi connectivity index (χ3n) is 3.38. The molecule has 0 aromatic heterocycles. The highest BCUT2D eigenvalue weighted by molar-refractivity contribution is 5.99. The monoisotopic (exact) mass is 233 g/mol. The molecule has 18 heavy (non-hydrogen) atoms. The summed E-state index contributed by atoms with van der Waals surface area (Å²) in [6, 6.07) is 19.8. The van der Waals surface area contributed by atoms with Crippen LogP contribution < -0.4 is 0 Å². The molecule has 3 aromatic carbocycles. The van der Waals surface area contributed by atoms with Crippen molar-refractivity contribution >= 4 is 21.5 Å². The van der Waals surface area contributed by atoms with Gasteiger partial charge in [-0.3, -0.25) is 0 Å². The van der Waals surface area contributed by atoms with Crippen molar-refractivity contribution in [1.29, 1.82) is 0 Å². The van der Waals surface area contributed by atoms with Crippen molar-refractivity contribution in [1.82, 2.24) is 0 Å². The largest absolute Gasteiger partial charge is 0.0616 e. The van der Waals surface area contributed by atoms with Gasteiger partial charge in [-0.15, -0.1) is 0 Å². The molecule has 1 radical (unpaired) electrons. The lowest BCUT2D eigenvalue weighted by atomic mass is 9.95. The maximum Gasteiger partial charge on any atom is -0.0145 e. The van der Waals surface area contributed by atoms with Crippen LogP contribution in [0.4, 0.5) is 0 Å². The fraction of sp³-hybridized carbons (Fsp3) is 0.167. The van der Waals surface area contributed by atoms with Gasteiger partial charge in [0.1, 0.15) is 0 Å². The van der Waals surface area contributed by atoms with Crippen LogP contribution in [0.2, 0.25) is 0 Å². The number of hydrogen-bond acceptors (Lipinski definition) is 0. The van der Waals surface area contributed by atoms with Gasteiger partial charge < -0.3 is 0 Å². The van der Waals surface area contributed by atoms with Gasteiger partial charge in [0.15, 0.2) is 0 Å². The first-order chi connectivity index (χ1) is 8.74. The van der Waals surface area contributed by atoms with E-state index in [0.29, 0.717) is 0 Å². The van der Waals surface area contributed by atoms with Crippen LogP contribution in [0, 0.1) is 5.92 Å². The minimum absolute atomic E-state index is 1.07. The number of benzene rings is 3. The van der Waals surface area contributed by atoms with Crippen LogP contribution in [-0.4, -0.2) is 0 Å². The summed E-state index contributed by atoms with van der Waals surface area (Å²) in [5, 5.41) is 5.37. The Hall–Kier alpha value is -1.82. The molecule has 0 unspecified atom stereocenters. The molecule has 0 nitrogen and oxygen atoms in total. The van der Waals surface area contributed by atoms with E-state index >= 15 is 0 Å². The van der Waals surface area contributed by atoms with Crippen molar-refractivity contribution in [2.45, 2.75) is 20.3 Å². The van der Waals surface area contributed by atoms with Gasteiger partial charge in [0.2, 0.25) is 0 Å². The van der Waals surface area contributed by atoms with Crippen LogP contribution in [0.25, 0.3) is 21.5 Å². The minimum Gasteiger partial charge on any atom is -0.0616 e. The Balaban J connectivity index is 2.29. The molecule has 0 bridgehead atoms. The molecular weight excluding hydrogens is 216 g/mol. The Bertz CT molecular complexity index is 693. The van der Waals surface area contributed by atoms with Gasteiger partial charge >= 0.3 is 0 Å².